The molecule has 0 spiro atoms. The molecule has 9 heteroatoms. The minimum atomic E-state index is -0.829. The van der Waals surface area contributed by atoms with Crippen LogP contribution < -0.4 is 10.6 Å². The predicted octanol–water partition coefficient (Wildman–Crippen LogP) is 1.94. The second-order valence-corrected chi connectivity index (χ2v) is 7.15. The van der Waals surface area contributed by atoms with Gasteiger partial charge in [0, 0.05) is 24.3 Å². The lowest BCUT2D eigenvalue weighted by Crippen LogP contribution is -2.55. The van der Waals surface area contributed by atoms with Crippen molar-refractivity contribution in [2.45, 2.75) is 45.7 Å². The number of rotatable bonds is 7. The maximum atomic E-state index is 12.4. The van der Waals surface area contributed by atoms with Crippen LogP contribution in [0.4, 0.5) is 10.6 Å². The summed E-state index contributed by atoms with van der Waals surface area (Å²) in [6.07, 6.45) is 3.19. The molecule has 1 aliphatic carbocycles. The molecule has 0 radical (unpaired) electrons. The maximum Gasteiger partial charge on any atom is 0.320 e. The molecule has 9 nitrogen and oxygen atoms in total. The first-order valence-electron chi connectivity index (χ1n) is 9.38. The molecule has 3 N–H and O–H groups in total. The summed E-state index contributed by atoms with van der Waals surface area (Å²) in [5.74, 6) is 0.355. The summed E-state index contributed by atoms with van der Waals surface area (Å²) in [7, 11) is 0. The number of aliphatic carboxylic acids is 1. The van der Waals surface area contributed by atoms with Crippen molar-refractivity contribution < 1.29 is 14.7 Å². The van der Waals surface area contributed by atoms with E-state index in [2.05, 4.69) is 20.7 Å². The molecule has 0 aliphatic heterocycles. The summed E-state index contributed by atoms with van der Waals surface area (Å²) < 4.78 is 1.61. The van der Waals surface area contributed by atoms with E-state index in [1.807, 2.05) is 37.8 Å². The minimum Gasteiger partial charge on any atom is -0.480 e. The summed E-state index contributed by atoms with van der Waals surface area (Å²) in [6, 6.07) is 5.50. The Morgan fingerprint density at radius 3 is 2.71 bits per heavy atom. The lowest BCUT2D eigenvalue weighted by Gasteiger charge is -2.42. The Kier molecular flexibility index (Phi) is 5.93. The van der Waals surface area contributed by atoms with E-state index in [1.165, 1.54) is 0 Å². The third-order valence-corrected chi connectivity index (χ3v) is 4.90. The third kappa shape index (κ3) is 4.66. The number of hydrogen-bond acceptors (Lipinski definition) is 5. The number of anilines is 1. The number of carbonyl (C=O) groups is 2. The van der Waals surface area contributed by atoms with E-state index < -0.39 is 5.97 Å². The first-order chi connectivity index (χ1) is 13.4. The van der Waals surface area contributed by atoms with E-state index in [4.69, 9.17) is 5.11 Å². The predicted molar refractivity (Wildman–Crippen MR) is 105 cm³/mol. The Morgan fingerprint density at radius 1 is 1.32 bits per heavy atom. The highest BCUT2D eigenvalue weighted by Crippen LogP contribution is 2.25. The third-order valence-electron chi connectivity index (χ3n) is 4.90. The van der Waals surface area contributed by atoms with E-state index in [-0.39, 0.29) is 24.7 Å². The summed E-state index contributed by atoms with van der Waals surface area (Å²) >= 11 is 0. The molecule has 150 valence electrons. The fourth-order valence-corrected chi connectivity index (χ4v) is 3.41. The first-order valence-corrected chi connectivity index (χ1v) is 9.38. The van der Waals surface area contributed by atoms with Gasteiger partial charge < -0.3 is 10.4 Å². The lowest BCUT2D eigenvalue weighted by molar-refractivity contribution is -0.139. The Balaban J connectivity index is 1.57. The molecule has 2 aromatic rings. The molecular formula is C19H26N6O3. The van der Waals surface area contributed by atoms with Crippen LogP contribution in [0.2, 0.25) is 0 Å². The van der Waals surface area contributed by atoms with Crippen molar-refractivity contribution in [3.63, 3.8) is 0 Å². The average Bonchev–Trinajstić information content (AvgIpc) is 2.96. The smallest absolute Gasteiger partial charge is 0.320 e. The number of aryl methyl sites for hydroxylation is 2. The highest BCUT2D eigenvalue weighted by atomic mass is 16.4. The molecule has 0 bridgehead atoms. The number of aromatic nitrogens is 3. The standard InChI is InChI=1S/C19H26N6O3/c1-4-24(11-18(26)27)15-9-14(10-15)21-19(28)22-17-8-13(3)23-25(17)16-7-12(2)5-6-20-16/h5-8,14-15H,4,9-11H2,1-3H3,(H,26,27)(H2,21,22,28). The topological polar surface area (TPSA) is 112 Å². The monoisotopic (exact) mass is 386 g/mol. The van der Waals surface area contributed by atoms with Gasteiger partial charge in [0.2, 0.25) is 0 Å². The van der Waals surface area contributed by atoms with Crippen LogP contribution in [0.25, 0.3) is 5.82 Å². The molecule has 2 heterocycles. The molecule has 1 saturated carbocycles. The lowest BCUT2D eigenvalue weighted by atomic mass is 9.85. The van der Waals surface area contributed by atoms with Crippen molar-refractivity contribution >= 4 is 17.8 Å². The van der Waals surface area contributed by atoms with Crippen LogP contribution in [-0.2, 0) is 4.79 Å². The second kappa shape index (κ2) is 8.39. The van der Waals surface area contributed by atoms with Crippen molar-refractivity contribution in [3.05, 3.63) is 35.7 Å². The van der Waals surface area contributed by atoms with E-state index in [9.17, 15) is 9.59 Å². The van der Waals surface area contributed by atoms with Gasteiger partial charge in [0.25, 0.3) is 0 Å². The minimum absolute atomic E-state index is 0.0298. The zero-order valence-electron chi connectivity index (χ0n) is 16.3. The van der Waals surface area contributed by atoms with Crippen LogP contribution in [0, 0.1) is 13.8 Å². The number of pyridine rings is 1. The number of amides is 2. The molecular weight excluding hydrogens is 360 g/mol. The average molecular weight is 386 g/mol. The molecule has 0 aromatic carbocycles. The van der Waals surface area contributed by atoms with Gasteiger partial charge in [0.1, 0.15) is 5.82 Å². The van der Waals surface area contributed by atoms with Gasteiger partial charge in [-0.15, -0.1) is 0 Å². The van der Waals surface area contributed by atoms with Crippen LogP contribution in [0.15, 0.2) is 24.4 Å². The maximum absolute atomic E-state index is 12.4. The summed E-state index contributed by atoms with van der Waals surface area (Å²) in [6.45, 7) is 6.48. The van der Waals surface area contributed by atoms with Gasteiger partial charge in [-0.25, -0.2) is 9.78 Å². The Morgan fingerprint density at radius 2 is 2.07 bits per heavy atom. The van der Waals surface area contributed by atoms with E-state index >= 15 is 0 Å². The summed E-state index contributed by atoms with van der Waals surface area (Å²) in [4.78, 5) is 29.6. The fourth-order valence-electron chi connectivity index (χ4n) is 3.41. The SMILES string of the molecule is CCN(CC(=O)O)C1CC(NC(=O)Nc2cc(C)nn2-c2cc(C)ccn2)C1. The zero-order valence-corrected chi connectivity index (χ0v) is 16.3. The largest absolute Gasteiger partial charge is 0.480 e. The molecule has 2 aromatic heterocycles. The molecule has 0 saturated heterocycles. The van der Waals surface area contributed by atoms with Crippen LogP contribution in [-0.4, -0.2) is 61.9 Å². The van der Waals surface area contributed by atoms with Crippen molar-refractivity contribution in [3.8, 4) is 5.82 Å². The van der Waals surface area contributed by atoms with Gasteiger partial charge >= 0.3 is 12.0 Å². The molecule has 2 amide bonds. The number of nitrogens with one attached hydrogen (secondary N) is 2. The van der Waals surface area contributed by atoms with Gasteiger partial charge in [-0.2, -0.15) is 9.78 Å². The van der Waals surface area contributed by atoms with E-state index in [0.717, 1.165) is 24.1 Å². The zero-order chi connectivity index (χ0) is 20.3. The van der Waals surface area contributed by atoms with Crippen LogP contribution in [0.5, 0.6) is 0 Å². The number of likely N-dealkylation sites (N-methyl/N-ethyl adjacent to an activating group) is 1. The van der Waals surface area contributed by atoms with E-state index in [0.29, 0.717) is 18.2 Å². The number of carboxylic acid groups (broad SMARTS) is 1. The van der Waals surface area contributed by atoms with Crippen LogP contribution in [0.3, 0.4) is 0 Å². The van der Waals surface area contributed by atoms with Gasteiger partial charge in [-0.3, -0.25) is 15.0 Å². The highest BCUT2D eigenvalue weighted by molar-refractivity contribution is 5.89. The molecule has 28 heavy (non-hydrogen) atoms. The molecule has 3 rings (SSSR count). The number of carboxylic acids is 1. The number of hydrogen-bond donors (Lipinski definition) is 3. The van der Waals surface area contributed by atoms with Crippen LogP contribution in [0.1, 0.15) is 31.0 Å². The Labute approximate surface area is 163 Å². The number of carbonyl (C=O) groups excluding carboxylic acids is 1. The van der Waals surface area contributed by atoms with Crippen molar-refractivity contribution in [1.29, 1.82) is 0 Å². The first kappa shape index (κ1) is 19.8. The highest BCUT2D eigenvalue weighted by Gasteiger charge is 2.34. The summed E-state index contributed by atoms with van der Waals surface area (Å²) in [5.41, 5.74) is 1.82. The quantitative estimate of drug-likeness (QED) is 0.670. The Hall–Kier alpha value is -2.94. The summed E-state index contributed by atoms with van der Waals surface area (Å²) in [5, 5.41) is 19.2. The second-order valence-electron chi connectivity index (χ2n) is 7.15. The van der Waals surface area contributed by atoms with Gasteiger partial charge in [0.15, 0.2) is 5.82 Å². The molecule has 0 atom stereocenters. The van der Waals surface area contributed by atoms with Gasteiger partial charge in [-0.05, 0) is 50.9 Å². The van der Waals surface area contributed by atoms with E-state index in [1.54, 1.807) is 16.9 Å². The molecule has 1 aliphatic rings. The Bertz CT molecular complexity index is 859. The van der Waals surface area contributed by atoms with Crippen molar-refractivity contribution in [1.82, 2.24) is 25.0 Å². The number of urea groups is 1. The molecule has 0 unspecified atom stereocenters. The van der Waals surface area contributed by atoms with Gasteiger partial charge in [0.05, 0.1) is 12.2 Å². The normalized spacial score (nSPS) is 18.6. The molecule has 1 fully saturated rings. The van der Waals surface area contributed by atoms with Crippen molar-refractivity contribution in [2.75, 3.05) is 18.4 Å². The number of nitrogens with zero attached hydrogens (tertiary/aromatic N) is 4. The van der Waals surface area contributed by atoms with Crippen molar-refractivity contribution in [2.24, 2.45) is 0 Å². The van der Waals surface area contributed by atoms with Crippen LogP contribution >= 0.6 is 0 Å². The fraction of sp³-hybridized carbons (Fsp3) is 0.474. The van der Waals surface area contributed by atoms with Gasteiger partial charge in [-0.1, -0.05) is 6.92 Å².